The summed E-state index contributed by atoms with van der Waals surface area (Å²) in [5.74, 6) is -0.386. The van der Waals surface area contributed by atoms with Gasteiger partial charge in [0.25, 0.3) is 12.3 Å². The van der Waals surface area contributed by atoms with Gasteiger partial charge >= 0.3 is 0 Å². The highest BCUT2D eigenvalue weighted by Gasteiger charge is 2.13. The first kappa shape index (κ1) is 12.6. The number of aromatic nitrogens is 1. The molecule has 1 heterocycles. The summed E-state index contributed by atoms with van der Waals surface area (Å²) in [6, 6.07) is 2.89. The van der Waals surface area contributed by atoms with Crippen molar-refractivity contribution in [3.05, 3.63) is 24.0 Å². The van der Waals surface area contributed by atoms with E-state index in [4.69, 9.17) is 5.73 Å². The molecule has 3 N–H and O–H groups in total. The molecule has 1 amide bonds. The van der Waals surface area contributed by atoms with Gasteiger partial charge in [-0.25, -0.2) is 8.78 Å². The molecular weight excluding hydrogens is 216 g/mol. The van der Waals surface area contributed by atoms with E-state index in [1.165, 1.54) is 16.8 Å². The van der Waals surface area contributed by atoms with Gasteiger partial charge in [-0.1, -0.05) is 0 Å². The van der Waals surface area contributed by atoms with Gasteiger partial charge in [0.2, 0.25) is 0 Å². The Bertz CT molecular complexity index is 350. The van der Waals surface area contributed by atoms with Gasteiger partial charge in [-0.2, -0.15) is 0 Å². The molecule has 0 bridgehead atoms. The van der Waals surface area contributed by atoms with E-state index >= 15 is 0 Å². The van der Waals surface area contributed by atoms with Gasteiger partial charge in [0.1, 0.15) is 5.69 Å². The number of amides is 1. The summed E-state index contributed by atoms with van der Waals surface area (Å²) in [6.45, 7) is 1.59. The molecule has 0 aromatic carbocycles. The fraction of sp³-hybridized carbons (Fsp3) is 0.500. The summed E-state index contributed by atoms with van der Waals surface area (Å²) in [6.07, 6.45) is -1.03. The Labute approximate surface area is 92.4 Å². The number of nitrogens with two attached hydrogens (primary N) is 1. The van der Waals surface area contributed by atoms with Gasteiger partial charge < -0.3 is 15.6 Å². The van der Waals surface area contributed by atoms with Crippen LogP contribution < -0.4 is 11.1 Å². The van der Waals surface area contributed by atoms with E-state index in [2.05, 4.69) is 5.32 Å². The van der Waals surface area contributed by atoms with Crippen molar-refractivity contribution in [2.75, 3.05) is 6.54 Å². The van der Waals surface area contributed by atoms with E-state index in [0.29, 0.717) is 6.54 Å². The molecule has 0 aliphatic rings. The van der Waals surface area contributed by atoms with E-state index < -0.39 is 13.0 Å². The lowest BCUT2D eigenvalue weighted by Crippen LogP contribution is -2.36. The molecule has 1 rings (SSSR count). The first-order chi connectivity index (χ1) is 7.50. The largest absolute Gasteiger partial charge is 0.349 e. The predicted octanol–water partition coefficient (Wildman–Crippen LogP) is 0.830. The molecule has 1 unspecified atom stereocenters. The van der Waals surface area contributed by atoms with Crippen LogP contribution in [0.3, 0.4) is 0 Å². The van der Waals surface area contributed by atoms with E-state index in [1.807, 2.05) is 0 Å². The minimum Gasteiger partial charge on any atom is -0.349 e. The molecule has 0 aliphatic heterocycles. The van der Waals surface area contributed by atoms with Crippen LogP contribution in [-0.2, 0) is 6.54 Å². The molecule has 16 heavy (non-hydrogen) atoms. The van der Waals surface area contributed by atoms with E-state index in [9.17, 15) is 13.6 Å². The Balaban J connectivity index is 2.64. The second kappa shape index (κ2) is 5.60. The molecular formula is C10H15F2N3O. The lowest BCUT2D eigenvalue weighted by Gasteiger charge is -2.10. The average Bonchev–Trinajstić information content (AvgIpc) is 2.61. The number of hydrogen-bond donors (Lipinski definition) is 2. The zero-order valence-corrected chi connectivity index (χ0v) is 8.99. The summed E-state index contributed by atoms with van der Waals surface area (Å²) < 4.78 is 25.6. The van der Waals surface area contributed by atoms with Crippen molar-refractivity contribution in [2.45, 2.75) is 25.9 Å². The van der Waals surface area contributed by atoms with Crippen molar-refractivity contribution >= 4 is 5.91 Å². The highest BCUT2D eigenvalue weighted by molar-refractivity contribution is 5.92. The lowest BCUT2D eigenvalue weighted by molar-refractivity contribution is 0.0929. The number of hydrogen-bond acceptors (Lipinski definition) is 2. The quantitative estimate of drug-likeness (QED) is 0.788. The third-order valence-corrected chi connectivity index (χ3v) is 1.98. The third-order valence-electron chi connectivity index (χ3n) is 1.98. The van der Waals surface area contributed by atoms with E-state index in [0.717, 1.165) is 0 Å². The van der Waals surface area contributed by atoms with Crippen LogP contribution in [0, 0.1) is 0 Å². The standard InChI is InChI=1S/C10H15F2N3O/c1-7(13)5-14-10(16)8-3-2-4-15(8)6-9(11)12/h2-4,7,9H,5-6,13H2,1H3,(H,14,16). The molecule has 1 aromatic rings. The molecule has 0 aliphatic carbocycles. The van der Waals surface area contributed by atoms with Gasteiger partial charge in [-0.3, -0.25) is 4.79 Å². The van der Waals surface area contributed by atoms with Crippen molar-refractivity contribution in [2.24, 2.45) is 5.73 Å². The normalized spacial score (nSPS) is 12.8. The second-order valence-corrected chi connectivity index (χ2v) is 3.62. The zero-order valence-electron chi connectivity index (χ0n) is 8.99. The number of alkyl halides is 2. The molecule has 6 heteroatoms. The Morgan fingerprint density at radius 1 is 1.62 bits per heavy atom. The Hall–Kier alpha value is -1.43. The maximum Gasteiger partial charge on any atom is 0.267 e. The molecule has 0 saturated heterocycles. The molecule has 0 radical (unpaired) electrons. The molecule has 1 atom stereocenters. The highest BCUT2D eigenvalue weighted by Crippen LogP contribution is 2.06. The van der Waals surface area contributed by atoms with Gasteiger partial charge in [-0.15, -0.1) is 0 Å². The van der Waals surface area contributed by atoms with Crippen LogP contribution in [0.25, 0.3) is 0 Å². The van der Waals surface area contributed by atoms with Crippen molar-refractivity contribution in [1.29, 1.82) is 0 Å². The van der Waals surface area contributed by atoms with Crippen LogP contribution in [0.2, 0.25) is 0 Å². The summed E-state index contributed by atoms with van der Waals surface area (Å²) in [5.41, 5.74) is 5.69. The van der Waals surface area contributed by atoms with E-state index in [1.54, 1.807) is 13.0 Å². The van der Waals surface area contributed by atoms with Crippen LogP contribution in [0.4, 0.5) is 8.78 Å². The fourth-order valence-corrected chi connectivity index (χ4v) is 1.27. The smallest absolute Gasteiger partial charge is 0.267 e. The maximum absolute atomic E-state index is 12.2. The average molecular weight is 231 g/mol. The Kier molecular flexibility index (Phi) is 4.42. The molecule has 90 valence electrons. The topological polar surface area (TPSA) is 60.0 Å². The van der Waals surface area contributed by atoms with Gasteiger partial charge in [-0.05, 0) is 19.1 Å². The minimum atomic E-state index is -2.48. The number of carbonyl (C=O) groups is 1. The van der Waals surface area contributed by atoms with Gasteiger partial charge in [0.05, 0.1) is 6.54 Å². The van der Waals surface area contributed by atoms with Crippen LogP contribution in [-0.4, -0.2) is 29.5 Å². The molecule has 0 fully saturated rings. The Morgan fingerprint density at radius 2 is 2.31 bits per heavy atom. The summed E-state index contributed by atoms with van der Waals surface area (Å²) in [7, 11) is 0. The summed E-state index contributed by atoms with van der Waals surface area (Å²) in [4.78, 5) is 11.6. The SMILES string of the molecule is CC(N)CNC(=O)c1cccn1CC(F)F. The molecule has 1 aromatic heterocycles. The highest BCUT2D eigenvalue weighted by atomic mass is 19.3. The maximum atomic E-state index is 12.2. The Morgan fingerprint density at radius 3 is 2.88 bits per heavy atom. The van der Waals surface area contributed by atoms with Gasteiger partial charge in [0, 0.05) is 18.8 Å². The number of carbonyl (C=O) groups excluding carboxylic acids is 1. The van der Waals surface area contributed by atoms with Crippen LogP contribution in [0.15, 0.2) is 18.3 Å². The van der Waals surface area contributed by atoms with Crippen molar-refractivity contribution < 1.29 is 13.6 Å². The second-order valence-electron chi connectivity index (χ2n) is 3.62. The molecule has 0 saturated carbocycles. The van der Waals surface area contributed by atoms with Gasteiger partial charge in [0.15, 0.2) is 0 Å². The van der Waals surface area contributed by atoms with Crippen LogP contribution >= 0.6 is 0 Å². The number of nitrogens with one attached hydrogen (secondary N) is 1. The van der Waals surface area contributed by atoms with Crippen LogP contribution in [0.1, 0.15) is 17.4 Å². The summed E-state index contributed by atoms with van der Waals surface area (Å²) >= 11 is 0. The first-order valence-corrected chi connectivity index (χ1v) is 4.97. The number of halogens is 2. The molecule has 0 spiro atoms. The first-order valence-electron chi connectivity index (χ1n) is 4.97. The molecule has 4 nitrogen and oxygen atoms in total. The van der Waals surface area contributed by atoms with Crippen molar-refractivity contribution in [3.63, 3.8) is 0 Å². The zero-order chi connectivity index (χ0) is 12.1. The minimum absolute atomic E-state index is 0.164. The number of nitrogens with zero attached hydrogens (tertiary/aromatic N) is 1. The van der Waals surface area contributed by atoms with Crippen molar-refractivity contribution in [1.82, 2.24) is 9.88 Å². The third kappa shape index (κ3) is 3.62. The van der Waals surface area contributed by atoms with Crippen LogP contribution in [0.5, 0.6) is 0 Å². The fourth-order valence-electron chi connectivity index (χ4n) is 1.27. The van der Waals surface area contributed by atoms with E-state index in [-0.39, 0.29) is 17.6 Å². The number of rotatable bonds is 5. The lowest BCUT2D eigenvalue weighted by atomic mass is 10.3. The monoisotopic (exact) mass is 231 g/mol. The van der Waals surface area contributed by atoms with Crippen molar-refractivity contribution in [3.8, 4) is 0 Å². The predicted molar refractivity (Wildman–Crippen MR) is 56.4 cm³/mol. The summed E-state index contributed by atoms with van der Waals surface area (Å²) in [5, 5.41) is 2.57.